The number of rotatable bonds is 5. The fourth-order valence-corrected chi connectivity index (χ4v) is 5.00. The molecular weight excluding hydrogens is 465 g/mol. The third-order valence-corrected chi connectivity index (χ3v) is 6.92. The summed E-state index contributed by atoms with van der Waals surface area (Å²) >= 11 is 1.50. The van der Waals surface area contributed by atoms with Gasteiger partial charge in [0.05, 0.1) is 16.3 Å². The number of pyridine rings is 1. The summed E-state index contributed by atoms with van der Waals surface area (Å²) in [5.74, 6) is 0.0565. The number of imidazole rings is 1. The molecule has 10 heteroatoms. The Kier molecular flexibility index (Phi) is 5.59. The van der Waals surface area contributed by atoms with E-state index in [9.17, 15) is 9.18 Å². The Balaban J connectivity index is 1.18. The van der Waals surface area contributed by atoms with Crippen LogP contribution in [0, 0.1) is 5.82 Å². The fourth-order valence-electron chi connectivity index (χ4n) is 4.30. The molecule has 0 spiro atoms. The number of nitrogens with zero attached hydrogens (tertiary/aromatic N) is 7. The molecule has 0 atom stereocenters. The molecule has 8 nitrogen and oxygen atoms in total. The number of carbonyl (C=O) groups is 1. The first-order valence-electron chi connectivity index (χ1n) is 11.4. The Morgan fingerprint density at radius 3 is 2.66 bits per heavy atom. The molecule has 0 saturated carbocycles. The highest BCUT2D eigenvalue weighted by Gasteiger charge is 2.27. The van der Waals surface area contributed by atoms with Crippen LogP contribution in [0.25, 0.3) is 22.0 Å². The second-order valence-electron chi connectivity index (χ2n) is 8.39. The largest absolute Gasteiger partial charge is 0.333 e. The van der Waals surface area contributed by atoms with Crippen LogP contribution in [0.3, 0.4) is 0 Å². The highest BCUT2D eigenvalue weighted by molar-refractivity contribution is 7.13. The van der Waals surface area contributed by atoms with Crippen molar-refractivity contribution in [1.82, 2.24) is 33.9 Å². The van der Waals surface area contributed by atoms with Crippen LogP contribution in [-0.4, -0.2) is 66.0 Å². The maximum atomic E-state index is 13.9. The molecule has 1 fully saturated rings. The van der Waals surface area contributed by atoms with Gasteiger partial charge in [-0.25, -0.2) is 19.0 Å². The first-order valence-corrected chi connectivity index (χ1v) is 12.2. The van der Waals surface area contributed by atoms with Gasteiger partial charge in [0.1, 0.15) is 11.5 Å². The minimum Gasteiger partial charge on any atom is -0.333 e. The van der Waals surface area contributed by atoms with Gasteiger partial charge in [-0.05, 0) is 41.8 Å². The van der Waals surface area contributed by atoms with Gasteiger partial charge in [-0.1, -0.05) is 18.2 Å². The number of aromatic nitrogens is 5. The van der Waals surface area contributed by atoms with E-state index in [1.807, 2.05) is 52.5 Å². The SMILES string of the molecule is O=C(c1nc(-c2cccs2)n(-c2cccc(F)c2)n1)N1CCN(Cc2cn3ccccc3n2)CC1. The molecule has 0 unspecified atom stereocenters. The molecule has 1 aliphatic heterocycles. The fraction of sp³-hybridized carbons (Fsp3) is 0.200. The van der Waals surface area contributed by atoms with Gasteiger partial charge in [-0.2, -0.15) is 0 Å². The lowest BCUT2D eigenvalue weighted by Gasteiger charge is -2.33. The topological polar surface area (TPSA) is 71.6 Å². The molecule has 1 aliphatic rings. The number of amides is 1. The molecule has 6 rings (SSSR count). The second-order valence-corrected chi connectivity index (χ2v) is 9.34. The van der Waals surface area contributed by atoms with Gasteiger partial charge >= 0.3 is 0 Å². The molecular formula is C25H22FN7OS. The van der Waals surface area contributed by atoms with Crippen molar-refractivity contribution in [2.45, 2.75) is 6.54 Å². The zero-order chi connectivity index (χ0) is 23.8. The van der Waals surface area contributed by atoms with Crippen LogP contribution in [0.1, 0.15) is 16.3 Å². The van der Waals surface area contributed by atoms with Crippen molar-refractivity contribution in [3.05, 3.63) is 89.7 Å². The van der Waals surface area contributed by atoms with E-state index in [2.05, 4.69) is 20.0 Å². The van der Waals surface area contributed by atoms with Crippen LogP contribution in [-0.2, 0) is 6.54 Å². The first kappa shape index (κ1) is 21.6. The number of hydrogen-bond acceptors (Lipinski definition) is 6. The van der Waals surface area contributed by atoms with Crippen molar-refractivity contribution in [2.75, 3.05) is 26.2 Å². The number of fused-ring (bicyclic) bond motifs is 1. The Hall–Kier alpha value is -3.89. The van der Waals surface area contributed by atoms with Gasteiger partial charge in [0.2, 0.25) is 5.82 Å². The minimum absolute atomic E-state index is 0.117. The summed E-state index contributed by atoms with van der Waals surface area (Å²) in [5.41, 5.74) is 2.46. The highest BCUT2D eigenvalue weighted by atomic mass is 32.1. The molecule has 0 aliphatic carbocycles. The predicted molar refractivity (Wildman–Crippen MR) is 131 cm³/mol. The molecule has 4 aromatic heterocycles. The molecule has 0 N–H and O–H groups in total. The van der Waals surface area contributed by atoms with E-state index in [1.165, 1.54) is 23.5 Å². The molecule has 176 valence electrons. The van der Waals surface area contributed by atoms with Gasteiger partial charge in [0.25, 0.3) is 5.91 Å². The third-order valence-electron chi connectivity index (χ3n) is 6.05. The number of benzene rings is 1. The van der Waals surface area contributed by atoms with Crippen LogP contribution in [0.15, 0.2) is 72.4 Å². The Morgan fingerprint density at radius 2 is 1.89 bits per heavy atom. The Bertz CT molecular complexity index is 1450. The van der Waals surface area contributed by atoms with E-state index < -0.39 is 0 Å². The summed E-state index contributed by atoms with van der Waals surface area (Å²) in [4.78, 5) is 27.5. The number of thiophene rings is 1. The van der Waals surface area contributed by atoms with Crippen LogP contribution < -0.4 is 0 Å². The quantitative estimate of drug-likeness (QED) is 0.378. The minimum atomic E-state index is -0.371. The van der Waals surface area contributed by atoms with E-state index in [0.717, 1.165) is 35.9 Å². The summed E-state index contributed by atoms with van der Waals surface area (Å²) in [5, 5.41) is 6.43. The van der Waals surface area contributed by atoms with E-state index in [-0.39, 0.29) is 17.5 Å². The summed E-state index contributed by atoms with van der Waals surface area (Å²) < 4.78 is 17.5. The second kappa shape index (κ2) is 9.05. The lowest BCUT2D eigenvalue weighted by atomic mass is 10.3. The van der Waals surface area contributed by atoms with E-state index in [1.54, 1.807) is 21.7 Å². The zero-order valence-electron chi connectivity index (χ0n) is 18.8. The smallest absolute Gasteiger partial charge is 0.293 e. The van der Waals surface area contributed by atoms with Gasteiger partial charge in [0.15, 0.2) is 5.82 Å². The normalized spacial score (nSPS) is 14.6. The van der Waals surface area contributed by atoms with Gasteiger partial charge in [-0.15, -0.1) is 16.4 Å². The summed E-state index contributed by atoms with van der Waals surface area (Å²) in [7, 11) is 0. The standard InChI is InChI=1S/C25H22FN7OS/c26-18-5-3-6-20(15-18)33-24(21-7-4-14-35-21)28-23(29-33)25(34)31-12-10-30(11-13-31)16-19-17-32-9-2-1-8-22(32)27-19/h1-9,14-15,17H,10-13,16H2. The van der Waals surface area contributed by atoms with Gasteiger partial charge in [-0.3, -0.25) is 9.69 Å². The zero-order valence-corrected chi connectivity index (χ0v) is 19.6. The first-order chi connectivity index (χ1) is 17.1. The van der Waals surface area contributed by atoms with Crippen LogP contribution in [0.5, 0.6) is 0 Å². The molecule has 0 radical (unpaired) electrons. The summed E-state index contributed by atoms with van der Waals surface area (Å²) in [6, 6.07) is 15.9. The lowest BCUT2D eigenvalue weighted by Crippen LogP contribution is -2.48. The summed E-state index contributed by atoms with van der Waals surface area (Å²) in [6.45, 7) is 3.37. The maximum absolute atomic E-state index is 13.9. The molecule has 1 amide bonds. The summed E-state index contributed by atoms with van der Waals surface area (Å²) in [6.07, 6.45) is 4.03. The van der Waals surface area contributed by atoms with E-state index in [4.69, 9.17) is 0 Å². The van der Waals surface area contributed by atoms with Crippen molar-refractivity contribution in [2.24, 2.45) is 0 Å². The average Bonchev–Trinajstić information content (AvgIpc) is 3.63. The molecule has 5 aromatic rings. The van der Waals surface area contributed by atoms with E-state index >= 15 is 0 Å². The number of halogens is 1. The molecule has 5 heterocycles. The van der Waals surface area contributed by atoms with Crippen molar-refractivity contribution in [1.29, 1.82) is 0 Å². The molecule has 1 saturated heterocycles. The highest BCUT2D eigenvalue weighted by Crippen LogP contribution is 2.26. The molecule has 35 heavy (non-hydrogen) atoms. The van der Waals surface area contributed by atoms with Crippen LogP contribution in [0.4, 0.5) is 4.39 Å². The van der Waals surface area contributed by atoms with Crippen LogP contribution >= 0.6 is 11.3 Å². The third kappa shape index (κ3) is 4.33. The molecule has 0 bridgehead atoms. The van der Waals surface area contributed by atoms with Crippen molar-refractivity contribution in [3.8, 4) is 16.4 Å². The van der Waals surface area contributed by atoms with Crippen LogP contribution in [0.2, 0.25) is 0 Å². The van der Waals surface area contributed by atoms with Crippen molar-refractivity contribution >= 4 is 22.9 Å². The number of hydrogen-bond donors (Lipinski definition) is 0. The lowest BCUT2D eigenvalue weighted by molar-refractivity contribution is 0.0615. The maximum Gasteiger partial charge on any atom is 0.293 e. The average molecular weight is 488 g/mol. The Labute approximate surface area is 204 Å². The monoisotopic (exact) mass is 487 g/mol. The predicted octanol–water partition coefficient (Wildman–Crippen LogP) is 3.74. The van der Waals surface area contributed by atoms with Gasteiger partial charge in [0, 0.05) is 45.1 Å². The van der Waals surface area contributed by atoms with Gasteiger partial charge < -0.3 is 9.30 Å². The number of piperazine rings is 1. The van der Waals surface area contributed by atoms with E-state index in [0.29, 0.717) is 24.6 Å². The Morgan fingerprint density at radius 1 is 1.00 bits per heavy atom. The van der Waals surface area contributed by atoms with Crippen molar-refractivity contribution < 1.29 is 9.18 Å². The molecule has 1 aromatic carbocycles. The van der Waals surface area contributed by atoms with Crippen molar-refractivity contribution in [3.63, 3.8) is 0 Å². The number of carbonyl (C=O) groups excluding carboxylic acids is 1.